The van der Waals surface area contributed by atoms with Crippen molar-refractivity contribution in [1.82, 2.24) is 5.32 Å². The minimum atomic E-state index is -1.36. The summed E-state index contributed by atoms with van der Waals surface area (Å²) in [5.74, 6) is 2.22. The first kappa shape index (κ1) is 35.7. The van der Waals surface area contributed by atoms with Gasteiger partial charge in [-0.15, -0.1) is 0 Å². The number of hydrogen-bond acceptors (Lipinski definition) is 7. The molecule has 0 aliphatic carbocycles. The monoisotopic (exact) mass is 748 g/mol. The quantitative estimate of drug-likeness (QED) is 0.106. The van der Waals surface area contributed by atoms with E-state index in [1.54, 1.807) is 14.2 Å². The molecule has 9 heteroatoms. The number of carbonyl (C=O) groups excluding carboxylic acids is 1. The molecular weight excluding hydrogens is 708 g/mol. The normalized spacial score (nSPS) is 16.5. The Morgan fingerprint density at radius 3 is 2.22 bits per heavy atom. The van der Waals surface area contributed by atoms with Gasteiger partial charge in [-0.1, -0.05) is 88.7 Å². The lowest BCUT2D eigenvalue weighted by atomic mass is 9.81. The number of aliphatic hydroxyl groups is 1. The van der Waals surface area contributed by atoms with E-state index in [2.05, 4.69) is 45.5 Å². The van der Waals surface area contributed by atoms with Gasteiger partial charge in [0, 0.05) is 36.0 Å². The highest BCUT2D eigenvalue weighted by atomic mass is 79.9. The zero-order valence-corrected chi connectivity index (χ0v) is 30.3. The van der Waals surface area contributed by atoms with Crippen molar-refractivity contribution < 1.29 is 28.8 Å². The van der Waals surface area contributed by atoms with E-state index in [1.807, 2.05) is 97.1 Å². The number of nitrogens with one attached hydrogen (secondary N) is 1. The number of amides is 1. The van der Waals surface area contributed by atoms with Gasteiger partial charge in [-0.3, -0.25) is 4.79 Å². The fraction of sp³-hybridized carbons (Fsp3) is 0.238. The van der Waals surface area contributed by atoms with Crippen LogP contribution in [0.1, 0.15) is 34.8 Å². The van der Waals surface area contributed by atoms with Gasteiger partial charge in [-0.25, -0.2) is 4.99 Å². The number of carbonyl (C=O) groups is 1. The number of rotatable bonds is 15. The van der Waals surface area contributed by atoms with Crippen molar-refractivity contribution in [2.45, 2.75) is 30.9 Å². The van der Waals surface area contributed by atoms with Gasteiger partial charge in [-0.2, -0.15) is 0 Å². The minimum absolute atomic E-state index is 0.0607. The molecule has 5 aromatic rings. The summed E-state index contributed by atoms with van der Waals surface area (Å²) in [6, 6.07) is 39.3. The van der Waals surface area contributed by atoms with Crippen molar-refractivity contribution in [3.63, 3.8) is 0 Å². The topological polar surface area (TPSA) is 98.6 Å². The lowest BCUT2D eigenvalue weighted by Gasteiger charge is -2.31. The first-order chi connectivity index (χ1) is 24.9. The number of methoxy groups -OCH3 is 2. The van der Waals surface area contributed by atoms with Crippen LogP contribution in [0.25, 0.3) is 11.1 Å². The fourth-order valence-electron chi connectivity index (χ4n) is 6.24. The zero-order valence-electron chi connectivity index (χ0n) is 28.7. The highest BCUT2D eigenvalue weighted by molar-refractivity contribution is 9.10. The van der Waals surface area contributed by atoms with Gasteiger partial charge in [0.1, 0.15) is 17.2 Å². The maximum atomic E-state index is 14.8. The Morgan fingerprint density at radius 1 is 0.824 bits per heavy atom. The largest absolute Gasteiger partial charge is 0.497 e. The van der Waals surface area contributed by atoms with E-state index < -0.39 is 11.6 Å². The van der Waals surface area contributed by atoms with Crippen LogP contribution in [0, 0.1) is 0 Å². The zero-order chi connectivity index (χ0) is 35.6. The van der Waals surface area contributed by atoms with E-state index >= 15 is 0 Å². The predicted octanol–water partition coefficient (Wildman–Crippen LogP) is 7.75. The third-order valence-corrected chi connectivity index (χ3v) is 9.71. The molecule has 5 aromatic carbocycles. The molecule has 51 heavy (non-hydrogen) atoms. The Morgan fingerprint density at radius 2 is 1.51 bits per heavy atom. The molecule has 1 aliphatic rings. The molecule has 6 rings (SSSR count). The molecule has 0 bridgehead atoms. The van der Waals surface area contributed by atoms with Crippen LogP contribution in [-0.4, -0.2) is 56.4 Å². The first-order valence-corrected chi connectivity index (χ1v) is 17.7. The number of benzene rings is 5. The first-order valence-electron chi connectivity index (χ1n) is 16.9. The predicted molar refractivity (Wildman–Crippen MR) is 203 cm³/mol. The molecule has 0 saturated carbocycles. The second kappa shape index (κ2) is 16.7. The van der Waals surface area contributed by atoms with Crippen molar-refractivity contribution >= 4 is 27.7 Å². The number of nitrogens with zero attached hydrogens (tertiary/aromatic N) is 1. The third-order valence-electron chi connectivity index (χ3n) is 8.94. The van der Waals surface area contributed by atoms with Crippen molar-refractivity contribution in [2.24, 2.45) is 4.99 Å². The lowest BCUT2D eigenvalue weighted by Crippen LogP contribution is -2.50. The molecule has 0 aromatic heterocycles. The SMILES string of the molecule is COc1ccc(OC)c(CCNC(=O)[C@]2(Cc3ccccc3Br)N=C(c3ccc(OCCCO)cc3)O[C@@H]2c2ccc(-c3ccccc3)cc2)c1. The van der Waals surface area contributed by atoms with Crippen LogP contribution in [0.5, 0.6) is 17.2 Å². The van der Waals surface area contributed by atoms with Crippen LogP contribution in [0.3, 0.4) is 0 Å². The average Bonchev–Trinajstić information content (AvgIpc) is 3.57. The Bertz CT molecular complexity index is 1950. The highest BCUT2D eigenvalue weighted by Crippen LogP contribution is 2.44. The van der Waals surface area contributed by atoms with E-state index in [0.717, 1.165) is 43.6 Å². The Balaban J connectivity index is 1.38. The third kappa shape index (κ3) is 8.27. The Hall–Kier alpha value is -5.12. The van der Waals surface area contributed by atoms with Crippen LogP contribution in [0.4, 0.5) is 0 Å². The van der Waals surface area contributed by atoms with Crippen LogP contribution >= 0.6 is 15.9 Å². The summed E-state index contributed by atoms with van der Waals surface area (Å²) in [5.41, 5.74) is 4.19. The number of aliphatic hydroxyl groups excluding tert-OH is 1. The molecule has 1 aliphatic heterocycles. The maximum absolute atomic E-state index is 14.8. The molecule has 0 fully saturated rings. The van der Waals surface area contributed by atoms with Gasteiger partial charge in [0.25, 0.3) is 5.91 Å². The van der Waals surface area contributed by atoms with Crippen LogP contribution in [-0.2, 0) is 22.4 Å². The average molecular weight is 750 g/mol. The minimum Gasteiger partial charge on any atom is -0.497 e. The van der Waals surface area contributed by atoms with Gasteiger partial charge in [0.05, 0.1) is 20.8 Å². The maximum Gasteiger partial charge on any atom is 0.252 e. The number of ether oxygens (including phenoxy) is 4. The smallest absolute Gasteiger partial charge is 0.252 e. The summed E-state index contributed by atoms with van der Waals surface area (Å²) in [6.45, 7) is 0.806. The van der Waals surface area contributed by atoms with E-state index in [0.29, 0.717) is 43.4 Å². The van der Waals surface area contributed by atoms with E-state index in [4.69, 9.17) is 29.0 Å². The van der Waals surface area contributed by atoms with Gasteiger partial charge in [0.2, 0.25) is 5.90 Å². The summed E-state index contributed by atoms with van der Waals surface area (Å²) in [4.78, 5) is 20.0. The summed E-state index contributed by atoms with van der Waals surface area (Å²) in [6.07, 6.45) is 0.596. The summed E-state index contributed by atoms with van der Waals surface area (Å²) in [5, 5.41) is 12.4. The van der Waals surface area contributed by atoms with Crippen molar-refractivity contribution in [3.8, 4) is 28.4 Å². The van der Waals surface area contributed by atoms with Crippen LogP contribution in [0.2, 0.25) is 0 Å². The van der Waals surface area contributed by atoms with Crippen molar-refractivity contribution in [2.75, 3.05) is 34.0 Å². The van der Waals surface area contributed by atoms with Crippen molar-refractivity contribution in [1.29, 1.82) is 0 Å². The van der Waals surface area contributed by atoms with Crippen molar-refractivity contribution in [3.05, 3.63) is 148 Å². The molecule has 262 valence electrons. The van der Waals surface area contributed by atoms with Gasteiger partial charge >= 0.3 is 0 Å². The second-order valence-corrected chi connectivity index (χ2v) is 13.1. The fourth-order valence-corrected chi connectivity index (χ4v) is 6.66. The summed E-state index contributed by atoms with van der Waals surface area (Å²) in [7, 11) is 3.25. The molecule has 1 heterocycles. The standard InChI is InChI=1S/C42H41BrN2O6/c1-48-36-21-22-38(49-2)33(27-36)23-24-44-41(47)42(28-34-11-6-7-12-37(34)43)39(31-15-13-30(14-16-31)29-9-4-3-5-10-29)51-40(45-42)32-17-19-35(20-18-32)50-26-8-25-46/h3-7,9-22,27,39,46H,8,23-26,28H2,1-2H3,(H,44,47)/t39-,42-/m1/s1. The molecule has 8 nitrogen and oxygen atoms in total. The van der Waals surface area contributed by atoms with E-state index in [1.165, 1.54) is 0 Å². The van der Waals surface area contributed by atoms with Crippen LogP contribution < -0.4 is 19.5 Å². The second-order valence-electron chi connectivity index (χ2n) is 12.2. The number of hydrogen-bond donors (Lipinski definition) is 2. The van der Waals surface area contributed by atoms with Gasteiger partial charge < -0.3 is 29.4 Å². The van der Waals surface area contributed by atoms with Gasteiger partial charge in [0.15, 0.2) is 11.6 Å². The van der Waals surface area contributed by atoms with E-state index in [-0.39, 0.29) is 18.9 Å². The number of aliphatic imine (C=N–C) groups is 1. The molecule has 0 unspecified atom stereocenters. The Labute approximate surface area is 307 Å². The molecule has 0 saturated heterocycles. The summed E-state index contributed by atoms with van der Waals surface area (Å²) < 4.78 is 24.4. The number of halogens is 1. The molecule has 1 amide bonds. The van der Waals surface area contributed by atoms with Crippen LogP contribution in [0.15, 0.2) is 131 Å². The lowest BCUT2D eigenvalue weighted by molar-refractivity contribution is -0.128. The summed E-state index contributed by atoms with van der Waals surface area (Å²) >= 11 is 3.72. The highest BCUT2D eigenvalue weighted by Gasteiger charge is 2.53. The molecule has 0 spiro atoms. The van der Waals surface area contributed by atoms with Gasteiger partial charge in [-0.05, 0) is 82.8 Å². The molecular formula is C42H41BrN2O6. The Kier molecular flexibility index (Phi) is 11.7. The molecule has 2 atom stereocenters. The molecule has 2 N–H and O–H groups in total. The molecule has 0 radical (unpaired) electrons. The van der Waals surface area contributed by atoms with E-state index in [9.17, 15) is 4.79 Å².